The van der Waals surface area contributed by atoms with Crippen LogP contribution in [0.1, 0.15) is 22.1 Å². The molecule has 1 aliphatic heterocycles. The van der Waals surface area contributed by atoms with E-state index in [2.05, 4.69) is 19.9 Å². The lowest BCUT2D eigenvalue weighted by atomic mass is 10.3. The van der Waals surface area contributed by atoms with Crippen LogP contribution in [0, 0.1) is 13.8 Å². The van der Waals surface area contributed by atoms with E-state index in [4.69, 9.17) is 4.42 Å². The minimum Gasteiger partial charge on any atom is -0.459 e. The number of aromatic nitrogens is 3. The Morgan fingerprint density at radius 3 is 2.62 bits per heavy atom. The van der Waals surface area contributed by atoms with Crippen LogP contribution in [0.5, 0.6) is 0 Å². The van der Waals surface area contributed by atoms with Crippen molar-refractivity contribution in [3.05, 3.63) is 47.1 Å². The smallest absolute Gasteiger partial charge is 0.273 e. The summed E-state index contributed by atoms with van der Waals surface area (Å²) in [6, 6.07) is 5.68. The minimum atomic E-state index is -0.0331. The Morgan fingerprint density at radius 2 is 1.92 bits per heavy atom. The van der Waals surface area contributed by atoms with E-state index in [1.54, 1.807) is 11.6 Å². The molecule has 1 amide bonds. The fourth-order valence-electron chi connectivity index (χ4n) is 2.96. The highest BCUT2D eigenvalue weighted by Crippen LogP contribution is 2.26. The number of nitrogens with zero attached hydrogens (tertiary/aromatic N) is 5. The third-order valence-electron chi connectivity index (χ3n) is 4.33. The van der Waals surface area contributed by atoms with Crippen LogP contribution in [0.4, 0.5) is 5.82 Å². The van der Waals surface area contributed by atoms with Crippen LogP contribution in [0.25, 0.3) is 10.8 Å². The van der Waals surface area contributed by atoms with Crippen molar-refractivity contribution >= 4 is 23.1 Å². The lowest BCUT2D eigenvalue weighted by Crippen LogP contribution is -2.49. The number of amides is 1. The van der Waals surface area contributed by atoms with Crippen LogP contribution in [-0.4, -0.2) is 51.9 Å². The zero-order valence-electron chi connectivity index (χ0n) is 14.7. The van der Waals surface area contributed by atoms with E-state index in [-0.39, 0.29) is 5.91 Å². The normalized spacial score (nSPS) is 14.7. The fraction of sp³-hybridized carbons (Fsp3) is 0.333. The topological polar surface area (TPSA) is 75.4 Å². The maximum atomic E-state index is 12.7. The van der Waals surface area contributed by atoms with Crippen LogP contribution >= 0.6 is 11.3 Å². The number of hydrogen-bond acceptors (Lipinski definition) is 7. The Kier molecular flexibility index (Phi) is 4.42. The van der Waals surface area contributed by atoms with E-state index >= 15 is 0 Å². The minimum absolute atomic E-state index is 0.0331. The lowest BCUT2D eigenvalue weighted by molar-refractivity contribution is 0.0741. The van der Waals surface area contributed by atoms with E-state index in [1.807, 2.05) is 36.9 Å². The largest absolute Gasteiger partial charge is 0.459 e. The van der Waals surface area contributed by atoms with Gasteiger partial charge in [-0.15, -0.1) is 11.3 Å². The number of hydrogen-bond donors (Lipinski definition) is 0. The summed E-state index contributed by atoms with van der Waals surface area (Å²) >= 11 is 1.43. The molecule has 1 aliphatic rings. The van der Waals surface area contributed by atoms with Gasteiger partial charge in [0.2, 0.25) is 0 Å². The zero-order valence-corrected chi connectivity index (χ0v) is 15.5. The highest BCUT2D eigenvalue weighted by Gasteiger charge is 2.25. The van der Waals surface area contributed by atoms with Crippen molar-refractivity contribution in [2.75, 3.05) is 31.1 Å². The third-order valence-corrected chi connectivity index (χ3v) is 5.18. The quantitative estimate of drug-likeness (QED) is 0.707. The van der Waals surface area contributed by atoms with Gasteiger partial charge in [-0.1, -0.05) is 0 Å². The number of rotatable bonds is 3. The van der Waals surface area contributed by atoms with Gasteiger partial charge < -0.3 is 14.2 Å². The molecule has 0 radical (unpaired) electrons. The number of carbonyl (C=O) groups is 1. The van der Waals surface area contributed by atoms with Gasteiger partial charge in [0.25, 0.3) is 5.91 Å². The maximum Gasteiger partial charge on any atom is 0.273 e. The standard InChI is InChI=1S/C18H19N5O2S/c1-12-3-4-15(25-12)17-21-14(11-26-17)18(24)23-9-7-22(8-10-23)16-5-6-19-13(2)20-16/h3-6,11H,7-10H2,1-2H3. The molecule has 0 atom stereocenters. The average molecular weight is 369 g/mol. The Bertz CT molecular complexity index is 927. The molecule has 1 saturated heterocycles. The van der Waals surface area contributed by atoms with Crippen LogP contribution in [0.3, 0.4) is 0 Å². The molecule has 7 nitrogen and oxygen atoms in total. The summed E-state index contributed by atoms with van der Waals surface area (Å²) in [5.41, 5.74) is 0.477. The van der Waals surface area contributed by atoms with Crippen molar-refractivity contribution in [1.29, 1.82) is 0 Å². The Labute approximate surface area is 155 Å². The average Bonchev–Trinajstić information content (AvgIpc) is 3.30. The second kappa shape index (κ2) is 6.87. The molecule has 0 saturated carbocycles. The first-order valence-electron chi connectivity index (χ1n) is 8.46. The molecule has 3 aromatic rings. The van der Waals surface area contributed by atoms with Gasteiger partial charge in [-0.2, -0.15) is 0 Å². The molecular formula is C18H19N5O2S. The molecule has 4 rings (SSSR count). The van der Waals surface area contributed by atoms with E-state index in [0.717, 1.165) is 35.5 Å². The van der Waals surface area contributed by atoms with Crippen LogP contribution < -0.4 is 4.90 Å². The third kappa shape index (κ3) is 3.32. The van der Waals surface area contributed by atoms with Crippen molar-refractivity contribution in [3.63, 3.8) is 0 Å². The molecule has 26 heavy (non-hydrogen) atoms. The SMILES string of the molecule is Cc1nccc(N2CCN(C(=O)c3csc(-c4ccc(C)o4)n3)CC2)n1. The molecule has 4 heterocycles. The first-order valence-corrected chi connectivity index (χ1v) is 9.34. The van der Waals surface area contributed by atoms with Crippen molar-refractivity contribution in [3.8, 4) is 10.8 Å². The summed E-state index contributed by atoms with van der Waals surface area (Å²) in [5.74, 6) is 3.17. The number of furan rings is 1. The van der Waals surface area contributed by atoms with Crippen molar-refractivity contribution < 1.29 is 9.21 Å². The number of aryl methyl sites for hydroxylation is 2. The second-order valence-electron chi connectivity index (χ2n) is 6.19. The molecule has 1 fully saturated rings. The molecule has 3 aromatic heterocycles. The highest BCUT2D eigenvalue weighted by atomic mass is 32.1. The van der Waals surface area contributed by atoms with E-state index in [0.29, 0.717) is 24.5 Å². The predicted molar refractivity (Wildman–Crippen MR) is 99.4 cm³/mol. The first-order chi connectivity index (χ1) is 12.6. The summed E-state index contributed by atoms with van der Waals surface area (Å²) in [6.45, 7) is 6.56. The molecule has 0 aliphatic carbocycles. The summed E-state index contributed by atoms with van der Waals surface area (Å²) in [6.07, 6.45) is 1.77. The van der Waals surface area contributed by atoms with Crippen LogP contribution in [-0.2, 0) is 0 Å². The van der Waals surface area contributed by atoms with Gasteiger partial charge in [-0.05, 0) is 32.0 Å². The van der Waals surface area contributed by atoms with Crippen molar-refractivity contribution in [2.45, 2.75) is 13.8 Å². The first kappa shape index (κ1) is 16.7. The van der Waals surface area contributed by atoms with Gasteiger partial charge in [-0.25, -0.2) is 15.0 Å². The van der Waals surface area contributed by atoms with E-state index in [9.17, 15) is 4.79 Å². The zero-order chi connectivity index (χ0) is 18.1. The maximum absolute atomic E-state index is 12.7. The van der Waals surface area contributed by atoms with Gasteiger partial charge in [0, 0.05) is 37.8 Å². The Morgan fingerprint density at radius 1 is 1.12 bits per heavy atom. The second-order valence-corrected chi connectivity index (χ2v) is 7.05. The Balaban J connectivity index is 1.41. The highest BCUT2D eigenvalue weighted by molar-refractivity contribution is 7.13. The molecule has 134 valence electrons. The van der Waals surface area contributed by atoms with Gasteiger partial charge in [0.05, 0.1) is 0 Å². The number of carbonyl (C=O) groups excluding carboxylic acids is 1. The molecule has 0 spiro atoms. The number of anilines is 1. The number of thiazole rings is 1. The van der Waals surface area contributed by atoms with Gasteiger partial charge in [-0.3, -0.25) is 4.79 Å². The lowest BCUT2D eigenvalue weighted by Gasteiger charge is -2.35. The summed E-state index contributed by atoms with van der Waals surface area (Å²) in [7, 11) is 0. The van der Waals surface area contributed by atoms with E-state index < -0.39 is 0 Å². The Hall–Kier alpha value is -2.74. The molecule has 0 unspecified atom stereocenters. The van der Waals surface area contributed by atoms with Crippen molar-refractivity contribution in [2.24, 2.45) is 0 Å². The van der Waals surface area contributed by atoms with Gasteiger partial charge in [0.1, 0.15) is 23.1 Å². The summed E-state index contributed by atoms with van der Waals surface area (Å²) in [5, 5.41) is 2.53. The molecule has 0 bridgehead atoms. The van der Waals surface area contributed by atoms with E-state index in [1.165, 1.54) is 11.3 Å². The monoisotopic (exact) mass is 369 g/mol. The molecule has 0 N–H and O–H groups in total. The van der Waals surface area contributed by atoms with Crippen LogP contribution in [0.2, 0.25) is 0 Å². The molecule has 8 heteroatoms. The van der Waals surface area contributed by atoms with Gasteiger partial charge in [0.15, 0.2) is 10.8 Å². The van der Waals surface area contributed by atoms with Crippen LogP contribution in [0.15, 0.2) is 34.2 Å². The number of piperazine rings is 1. The van der Waals surface area contributed by atoms with Crippen molar-refractivity contribution in [1.82, 2.24) is 19.9 Å². The van der Waals surface area contributed by atoms with Gasteiger partial charge >= 0.3 is 0 Å². The predicted octanol–water partition coefficient (Wildman–Crippen LogP) is 2.77. The summed E-state index contributed by atoms with van der Waals surface area (Å²) < 4.78 is 5.59. The molecule has 0 aromatic carbocycles. The summed E-state index contributed by atoms with van der Waals surface area (Å²) in [4.78, 5) is 29.8. The fourth-order valence-corrected chi connectivity index (χ4v) is 3.71. The molecular weight excluding hydrogens is 350 g/mol.